The Labute approximate surface area is 170 Å². The van der Waals surface area contributed by atoms with E-state index in [0.29, 0.717) is 0 Å². The predicted molar refractivity (Wildman–Crippen MR) is 121 cm³/mol. The molecule has 29 heavy (non-hydrogen) atoms. The maximum atomic E-state index is 4.78. The van der Waals surface area contributed by atoms with Crippen molar-refractivity contribution in [1.82, 2.24) is 9.55 Å². The summed E-state index contributed by atoms with van der Waals surface area (Å²) < 4.78 is 2.09. The Bertz CT molecular complexity index is 1360. The first-order chi connectivity index (χ1) is 14.2. The summed E-state index contributed by atoms with van der Waals surface area (Å²) in [5.41, 5.74) is 4.06. The average molecular weight is 372 g/mol. The van der Waals surface area contributed by atoms with Gasteiger partial charge in [0.2, 0.25) is 0 Å². The number of hydrogen-bond acceptors (Lipinski definition) is 1. The molecule has 1 heterocycles. The minimum Gasteiger partial charge on any atom is -0.320 e. The van der Waals surface area contributed by atoms with Crippen LogP contribution in [-0.4, -0.2) is 9.55 Å². The Morgan fingerprint density at radius 3 is 1.97 bits per heavy atom. The molecule has 0 atom stereocenters. The smallest absolute Gasteiger partial charge is 0.140 e. The fourth-order valence-electron chi connectivity index (χ4n) is 3.93. The van der Waals surface area contributed by atoms with E-state index in [1.807, 2.05) is 32.2 Å². The average Bonchev–Trinajstić information content (AvgIpc) is 3.05. The van der Waals surface area contributed by atoms with Gasteiger partial charge >= 0.3 is 0 Å². The van der Waals surface area contributed by atoms with Gasteiger partial charge in [-0.25, -0.2) is 4.98 Å². The standard InChI is InChI=1S/C27H20N2/c1-19-26(29(2)27(28-19)20-10-4-3-5-11-20)17-16-25-23-14-8-6-12-21(23)18-22-13-7-9-15-24(22)25/h3-15,18H,1-2H3. The summed E-state index contributed by atoms with van der Waals surface area (Å²) in [6.45, 7) is 2.03. The molecule has 0 bridgehead atoms. The molecule has 5 aromatic rings. The molecule has 0 aliphatic heterocycles. The van der Waals surface area contributed by atoms with E-state index in [1.165, 1.54) is 21.5 Å². The SMILES string of the molecule is Cc1nc(-c2ccccc2)n(C)c1C#Cc1c2ccccc2cc2ccccc12. The van der Waals surface area contributed by atoms with E-state index < -0.39 is 0 Å². The molecular formula is C27H20N2. The quantitative estimate of drug-likeness (QED) is 0.257. The fourth-order valence-corrected chi connectivity index (χ4v) is 3.93. The van der Waals surface area contributed by atoms with Gasteiger partial charge in [-0.2, -0.15) is 0 Å². The number of aryl methyl sites for hydroxylation is 1. The lowest BCUT2D eigenvalue weighted by atomic mass is 9.97. The number of imidazole rings is 1. The molecule has 1 aromatic heterocycles. The summed E-state index contributed by atoms with van der Waals surface area (Å²) in [4.78, 5) is 4.78. The number of fused-ring (bicyclic) bond motifs is 2. The van der Waals surface area contributed by atoms with Gasteiger partial charge in [0.15, 0.2) is 0 Å². The van der Waals surface area contributed by atoms with E-state index in [1.54, 1.807) is 0 Å². The Morgan fingerprint density at radius 2 is 1.31 bits per heavy atom. The maximum absolute atomic E-state index is 4.78. The Morgan fingerprint density at radius 1 is 0.724 bits per heavy atom. The molecule has 0 saturated heterocycles. The minimum atomic E-state index is 0.940. The number of nitrogens with zero attached hydrogens (tertiary/aromatic N) is 2. The topological polar surface area (TPSA) is 17.8 Å². The zero-order valence-electron chi connectivity index (χ0n) is 16.5. The van der Waals surface area contributed by atoms with Crippen LogP contribution >= 0.6 is 0 Å². The molecule has 0 fully saturated rings. The fraction of sp³-hybridized carbons (Fsp3) is 0.0741. The Hall–Kier alpha value is -3.83. The molecule has 0 aliphatic carbocycles. The lowest BCUT2D eigenvalue weighted by Gasteiger charge is -2.06. The molecule has 0 amide bonds. The zero-order valence-corrected chi connectivity index (χ0v) is 16.5. The Balaban J connectivity index is 1.72. The van der Waals surface area contributed by atoms with Crippen LogP contribution < -0.4 is 0 Å². The van der Waals surface area contributed by atoms with Gasteiger partial charge in [-0.05, 0) is 40.5 Å². The van der Waals surface area contributed by atoms with Crippen molar-refractivity contribution >= 4 is 21.5 Å². The third-order valence-electron chi connectivity index (χ3n) is 5.38. The summed E-state index contributed by atoms with van der Waals surface area (Å²) in [5, 5.41) is 4.79. The van der Waals surface area contributed by atoms with Crippen molar-refractivity contribution in [3.05, 3.63) is 102 Å². The number of aromatic nitrogens is 2. The zero-order chi connectivity index (χ0) is 19.8. The molecule has 0 radical (unpaired) electrons. The van der Waals surface area contributed by atoms with E-state index in [4.69, 9.17) is 4.98 Å². The van der Waals surface area contributed by atoms with Gasteiger partial charge in [0.05, 0.1) is 5.69 Å². The van der Waals surface area contributed by atoms with Crippen molar-refractivity contribution in [1.29, 1.82) is 0 Å². The van der Waals surface area contributed by atoms with Crippen LogP contribution in [0.5, 0.6) is 0 Å². The highest BCUT2D eigenvalue weighted by Gasteiger charge is 2.11. The van der Waals surface area contributed by atoms with E-state index >= 15 is 0 Å². The highest BCUT2D eigenvalue weighted by atomic mass is 15.1. The normalized spacial score (nSPS) is 10.8. The van der Waals surface area contributed by atoms with Crippen molar-refractivity contribution < 1.29 is 0 Å². The molecule has 5 rings (SSSR count). The molecular weight excluding hydrogens is 352 g/mol. The maximum Gasteiger partial charge on any atom is 0.140 e. The first kappa shape index (κ1) is 17.3. The molecule has 138 valence electrons. The highest BCUT2D eigenvalue weighted by molar-refractivity contribution is 6.04. The Kier molecular flexibility index (Phi) is 4.15. The van der Waals surface area contributed by atoms with Crippen LogP contribution in [0.15, 0.2) is 84.9 Å². The van der Waals surface area contributed by atoms with Gasteiger partial charge in [-0.15, -0.1) is 0 Å². The molecule has 2 heteroatoms. The molecule has 2 nitrogen and oxygen atoms in total. The van der Waals surface area contributed by atoms with Crippen LogP contribution in [0.3, 0.4) is 0 Å². The van der Waals surface area contributed by atoms with Gasteiger partial charge in [-0.3, -0.25) is 0 Å². The van der Waals surface area contributed by atoms with E-state index in [-0.39, 0.29) is 0 Å². The lowest BCUT2D eigenvalue weighted by Crippen LogP contribution is -1.96. The monoisotopic (exact) mass is 372 g/mol. The van der Waals surface area contributed by atoms with Crippen LogP contribution in [0.1, 0.15) is 17.0 Å². The summed E-state index contributed by atoms with van der Waals surface area (Å²) in [6, 6.07) is 29.4. The van der Waals surface area contributed by atoms with E-state index in [0.717, 1.165) is 28.3 Å². The molecule has 4 aromatic carbocycles. The van der Waals surface area contributed by atoms with Gasteiger partial charge in [0, 0.05) is 18.2 Å². The minimum absolute atomic E-state index is 0.940. The number of rotatable bonds is 1. The molecule has 0 N–H and O–H groups in total. The predicted octanol–water partition coefficient (Wildman–Crippen LogP) is 6.10. The summed E-state index contributed by atoms with van der Waals surface area (Å²) in [7, 11) is 2.04. The first-order valence-electron chi connectivity index (χ1n) is 9.73. The second-order valence-corrected chi connectivity index (χ2v) is 7.24. The molecule has 0 saturated carbocycles. The van der Waals surface area contributed by atoms with Crippen LogP contribution in [0, 0.1) is 18.8 Å². The van der Waals surface area contributed by atoms with Gasteiger partial charge in [-0.1, -0.05) is 84.8 Å². The van der Waals surface area contributed by atoms with Crippen molar-refractivity contribution in [3.63, 3.8) is 0 Å². The first-order valence-corrected chi connectivity index (χ1v) is 9.73. The van der Waals surface area contributed by atoms with Crippen LogP contribution in [0.2, 0.25) is 0 Å². The van der Waals surface area contributed by atoms with Gasteiger partial charge < -0.3 is 4.57 Å². The summed E-state index contributed by atoms with van der Waals surface area (Å²) >= 11 is 0. The van der Waals surface area contributed by atoms with Gasteiger partial charge in [0.1, 0.15) is 11.5 Å². The number of benzene rings is 4. The van der Waals surface area contributed by atoms with Crippen molar-refractivity contribution in [2.45, 2.75) is 6.92 Å². The van der Waals surface area contributed by atoms with Crippen molar-refractivity contribution in [2.24, 2.45) is 7.05 Å². The van der Waals surface area contributed by atoms with Gasteiger partial charge in [0.25, 0.3) is 0 Å². The lowest BCUT2D eigenvalue weighted by molar-refractivity contribution is 0.909. The molecule has 0 unspecified atom stereocenters. The van der Waals surface area contributed by atoms with E-state index in [9.17, 15) is 0 Å². The highest BCUT2D eigenvalue weighted by Crippen LogP contribution is 2.28. The van der Waals surface area contributed by atoms with Crippen LogP contribution in [-0.2, 0) is 7.05 Å². The van der Waals surface area contributed by atoms with E-state index in [2.05, 4.69) is 83.1 Å². The summed E-state index contributed by atoms with van der Waals surface area (Å²) in [6.07, 6.45) is 0. The summed E-state index contributed by atoms with van der Waals surface area (Å²) in [5.74, 6) is 7.84. The third-order valence-corrected chi connectivity index (χ3v) is 5.38. The van der Waals surface area contributed by atoms with Crippen LogP contribution in [0.25, 0.3) is 32.9 Å². The largest absolute Gasteiger partial charge is 0.320 e. The molecule has 0 spiro atoms. The number of hydrogen-bond donors (Lipinski definition) is 0. The second kappa shape index (κ2) is 6.96. The van der Waals surface area contributed by atoms with Crippen molar-refractivity contribution in [2.75, 3.05) is 0 Å². The third kappa shape index (κ3) is 2.98. The van der Waals surface area contributed by atoms with Crippen molar-refractivity contribution in [3.8, 4) is 23.2 Å². The molecule has 0 aliphatic rings. The second-order valence-electron chi connectivity index (χ2n) is 7.24. The van der Waals surface area contributed by atoms with Crippen LogP contribution in [0.4, 0.5) is 0 Å².